The Labute approximate surface area is 243 Å². The van der Waals surface area contributed by atoms with Crippen LogP contribution in [0.4, 0.5) is 0 Å². The van der Waals surface area contributed by atoms with E-state index in [1.165, 1.54) is 39.6 Å². The zero-order valence-corrected chi connectivity index (χ0v) is 24.9. The van der Waals surface area contributed by atoms with Crippen molar-refractivity contribution in [1.82, 2.24) is 0 Å². The highest BCUT2D eigenvalue weighted by Gasteiger charge is 2.90. The molecule has 3 aliphatic heterocycles. The minimum Gasteiger partial charge on any atom is -0.472 e. The second-order valence-electron chi connectivity index (χ2n) is 13.6. The molecule has 4 heterocycles. The van der Waals surface area contributed by atoms with E-state index in [9.17, 15) is 24.3 Å². The van der Waals surface area contributed by atoms with E-state index in [0.29, 0.717) is 24.0 Å². The molecule has 2 saturated carbocycles. The van der Waals surface area contributed by atoms with Crippen LogP contribution in [0.25, 0.3) is 0 Å². The lowest BCUT2D eigenvalue weighted by atomic mass is 9.37. The third kappa shape index (κ3) is 3.35. The zero-order chi connectivity index (χ0) is 30.6. The molecule has 5 aliphatic rings. The number of hydrogen-bond acceptors (Lipinski definition) is 11. The summed E-state index contributed by atoms with van der Waals surface area (Å²) in [5.41, 5.74) is -3.08. The first kappa shape index (κ1) is 28.9. The van der Waals surface area contributed by atoms with Crippen molar-refractivity contribution in [3.05, 3.63) is 35.8 Å². The maximum absolute atomic E-state index is 13.2. The van der Waals surface area contributed by atoms with E-state index >= 15 is 0 Å². The molecule has 2 saturated heterocycles. The molecule has 11 heteroatoms. The van der Waals surface area contributed by atoms with Crippen molar-refractivity contribution in [1.29, 1.82) is 0 Å². The van der Waals surface area contributed by atoms with Gasteiger partial charge in [-0.2, -0.15) is 0 Å². The molecule has 0 aromatic carbocycles. The van der Waals surface area contributed by atoms with Gasteiger partial charge in [-0.05, 0) is 30.4 Å². The molecule has 4 fully saturated rings. The maximum Gasteiger partial charge on any atom is 0.331 e. The van der Waals surface area contributed by atoms with E-state index in [4.69, 9.17) is 28.1 Å². The number of methoxy groups -OCH3 is 1. The number of esters is 4. The molecule has 4 unspecified atom stereocenters. The summed E-state index contributed by atoms with van der Waals surface area (Å²) in [5, 5.41) is 12.8. The number of furan rings is 1. The number of rotatable bonds is 5. The number of ether oxygens (including phenoxy) is 5. The fraction of sp³-hybridized carbons (Fsp3) is 0.677. The summed E-state index contributed by atoms with van der Waals surface area (Å²) in [6.45, 7) is 10.2. The van der Waals surface area contributed by atoms with Crippen LogP contribution in [-0.2, 0) is 42.9 Å². The Bertz CT molecular complexity index is 1380. The van der Waals surface area contributed by atoms with Gasteiger partial charge in [0.2, 0.25) is 0 Å². The highest BCUT2D eigenvalue weighted by Crippen LogP contribution is 2.81. The summed E-state index contributed by atoms with van der Waals surface area (Å²) in [6, 6.07) is 1.74. The van der Waals surface area contributed by atoms with Crippen molar-refractivity contribution in [2.24, 2.45) is 34.0 Å². The van der Waals surface area contributed by atoms with Crippen molar-refractivity contribution >= 4 is 23.9 Å². The summed E-state index contributed by atoms with van der Waals surface area (Å²) in [7, 11) is 1.30. The largest absolute Gasteiger partial charge is 0.472 e. The van der Waals surface area contributed by atoms with Gasteiger partial charge in [-0.25, -0.2) is 4.79 Å². The second kappa shape index (κ2) is 8.92. The molecule has 228 valence electrons. The van der Waals surface area contributed by atoms with Gasteiger partial charge in [0.1, 0.15) is 23.9 Å². The molecule has 1 spiro atoms. The lowest BCUT2D eigenvalue weighted by molar-refractivity contribution is -0.326. The monoisotopic (exact) mass is 586 g/mol. The molecule has 1 aromatic heterocycles. The first-order valence-electron chi connectivity index (χ1n) is 14.4. The number of aliphatic hydroxyl groups is 1. The van der Waals surface area contributed by atoms with Gasteiger partial charge in [0.05, 0.1) is 25.6 Å². The van der Waals surface area contributed by atoms with Crippen LogP contribution in [0.15, 0.2) is 34.7 Å². The van der Waals surface area contributed by atoms with Gasteiger partial charge in [0, 0.05) is 54.1 Å². The first-order chi connectivity index (χ1) is 19.6. The SMILES string of the molecule is COC(=O)CC1C(C)(C)C(OC(C)=O)[C@@H]2[C@@H](OC(C)=O)[C@]34O[C@@]2(O)C1(C)C3CC[C@]1(C)C4=CC(=O)O[C@H]1c1ccoc1. The van der Waals surface area contributed by atoms with Crippen molar-refractivity contribution in [3.8, 4) is 0 Å². The van der Waals surface area contributed by atoms with Gasteiger partial charge in [0.15, 0.2) is 5.79 Å². The third-order valence-electron chi connectivity index (χ3n) is 11.3. The minimum absolute atomic E-state index is 0.0725. The molecule has 1 N–H and O–H groups in total. The van der Waals surface area contributed by atoms with Crippen molar-refractivity contribution in [3.63, 3.8) is 0 Å². The lowest BCUT2D eigenvalue weighted by Crippen LogP contribution is -2.75. The number of cyclic esters (lactones) is 1. The van der Waals surface area contributed by atoms with E-state index in [2.05, 4.69) is 0 Å². The highest BCUT2D eigenvalue weighted by molar-refractivity contribution is 5.85. The third-order valence-corrected chi connectivity index (χ3v) is 11.3. The number of fused-ring (bicyclic) bond motifs is 2. The Morgan fingerprint density at radius 2 is 1.74 bits per heavy atom. The normalized spacial score (nSPS) is 44.3. The van der Waals surface area contributed by atoms with Gasteiger partial charge in [-0.1, -0.05) is 27.7 Å². The fourth-order valence-electron chi connectivity index (χ4n) is 9.79. The molecule has 0 amide bonds. The molecular weight excluding hydrogens is 548 g/mol. The molecule has 1 aromatic rings. The predicted octanol–water partition coefficient (Wildman–Crippen LogP) is 3.40. The summed E-state index contributed by atoms with van der Waals surface area (Å²) in [5.74, 6) is -6.37. The fourth-order valence-corrected chi connectivity index (χ4v) is 9.79. The predicted molar refractivity (Wildman–Crippen MR) is 142 cm³/mol. The molecule has 11 nitrogen and oxygen atoms in total. The van der Waals surface area contributed by atoms with E-state index in [0.717, 1.165) is 0 Å². The van der Waals surface area contributed by atoms with Crippen molar-refractivity contribution in [2.45, 2.75) is 90.5 Å². The molecule has 42 heavy (non-hydrogen) atoms. The van der Waals surface area contributed by atoms with Gasteiger partial charge >= 0.3 is 23.9 Å². The van der Waals surface area contributed by atoms with Gasteiger partial charge in [-0.15, -0.1) is 0 Å². The molecule has 2 bridgehead atoms. The standard InChI is InChI=1S/C31H38O11/c1-15(32)39-25-23-26(40-16(2)33)30-18(29(6,31(23,36)42-30)19(27(25,3)4)12-21(34)37-7)8-10-28(5)20(30)13-22(35)41-24(28)17-9-11-38-14-17/h9,11,13-14,18-19,23-26,36H,8,10,12H2,1-7H3/t18?,19?,23-,24+,25?,26-,28-,29?,30+,31-/m1/s1. The Morgan fingerprint density at radius 1 is 1.07 bits per heavy atom. The summed E-state index contributed by atoms with van der Waals surface area (Å²) in [4.78, 5) is 51.4. The molecule has 0 radical (unpaired) electrons. The van der Waals surface area contributed by atoms with Crippen molar-refractivity contribution < 1.29 is 52.4 Å². The quantitative estimate of drug-likeness (QED) is 0.400. The number of carbonyl (C=O) groups is 4. The lowest BCUT2D eigenvalue weighted by Gasteiger charge is -2.66. The van der Waals surface area contributed by atoms with E-state index in [1.54, 1.807) is 6.07 Å². The Morgan fingerprint density at radius 3 is 2.33 bits per heavy atom. The smallest absolute Gasteiger partial charge is 0.331 e. The Balaban J connectivity index is 1.62. The van der Waals surface area contributed by atoms with Gasteiger partial charge in [0.25, 0.3) is 0 Å². The second-order valence-corrected chi connectivity index (χ2v) is 13.6. The number of carbonyl (C=O) groups excluding carboxylic acids is 4. The average Bonchev–Trinajstić information content (AvgIpc) is 3.56. The molecule has 10 atom stereocenters. The van der Waals surface area contributed by atoms with Crippen LogP contribution < -0.4 is 0 Å². The van der Waals surface area contributed by atoms with Gasteiger partial charge in [-0.3, -0.25) is 14.4 Å². The Kier molecular flexibility index (Phi) is 6.14. The summed E-state index contributed by atoms with van der Waals surface area (Å²) < 4.78 is 35.2. The highest BCUT2D eigenvalue weighted by atomic mass is 16.7. The maximum atomic E-state index is 13.2. The molecular formula is C31H38O11. The molecule has 2 aliphatic carbocycles. The van der Waals surface area contributed by atoms with Crippen LogP contribution in [0.3, 0.4) is 0 Å². The van der Waals surface area contributed by atoms with E-state index in [1.807, 2.05) is 27.7 Å². The first-order valence-corrected chi connectivity index (χ1v) is 14.4. The van der Waals surface area contributed by atoms with Crippen LogP contribution in [0.5, 0.6) is 0 Å². The zero-order valence-electron chi connectivity index (χ0n) is 24.9. The topological polar surface area (TPSA) is 148 Å². The average molecular weight is 587 g/mol. The number of hydrogen-bond donors (Lipinski definition) is 1. The van der Waals surface area contributed by atoms with Crippen LogP contribution >= 0.6 is 0 Å². The van der Waals surface area contributed by atoms with E-state index < -0.39 is 87.6 Å². The molecule has 6 rings (SSSR count). The van der Waals surface area contributed by atoms with E-state index in [-0.39, 0.29) is 6.42 Å². The van der Waals surface area contributed by atoms with Gasteiger partial charge < -0.3 is 33.2 Å². The summed E-state index contributed by atoms with van der Waals surface area (Å²) in [6.07, 6.45) is 2.55. The van der Waals surface area contributed by atoms with Crippen LogP contribution in [0, 0.1) is 34.0 Å². The van der Waals surface area contributed by atoms with Crippen LogP contribution in [-0.4, -0.2) is 59.7 Å². The van der Waals surface area contributed by atoms with Crippen LogP contribution in [0.2, 0.25) is 0 Å². The summed E-state index contributed by atoms with van der Waals surface area (Å²) >= 11 is 0. The van der Waals surface area contributed by atoms with Crippen LogP contribution in [0.1, 0.15) is 72.5 Å². The Hall–Kier alpha value is -3.18. The van der Waals surface area contributed by atoms with Crippen molar-refractivity contribution in [2.75, 3.05) is 7.11 Å². The minimum atomic E-state index is -2.00.